The molecular formula is C18H17NO6. The summed E-state index contributed by atoms with van der Waals surface area (Å²) in [7, 11) is 0. The van der Waals surface area contributed by atoms with Crippen molar-refractivity contribution < 1.29 is 30.0 Å². The standard InChI is InChI=1S/C18H17NO6/c20-10-13(7-12-2-5-15(22)17(24)9-12)19-18(25)6-3-11-1-4-14(21)16(23)8-11/h1-6,8-10,13,21-24H,7H2,(H,19,25). The SMILES string of the molecule is O=CC(Cc1ccc(O)c(O)c1)NC(=O)C=Cc1ccc(O)c(O)c1. The summed E-state index contributed by atoms with van der Waals surface area (Å²) < 4.78 is 0. The lowest BCUT2D eigenvalue weighted by molar-refractivity contribution is -0.120. The average molecular weight is 343 g/mol. The number of hydrogen-bond donors (Lipinski definition) is 5. The molecule has 2 rings (SSSR count). The fourth-order valence-electron chi connectivity index (χ4n) is 2.13. The molecule has 2 aromatic carbocycles. The van der Waals surface area contributed by atoms with Crippen molar-refractivity contribution in [3.63, 3.8) is 0 Å². The lowest BCUT2D eigenvalue weighted by Crippen LogP contribution is -2.36. The van der Waals surface area contributed by atoms with Crippen LogP contribution in [-0.2, 0) is 16.0 Å². The summed E-state index contributed by atoms with van der Waals surface area (Å²) in [5.41, 5.74) is 1.07. The molecule has 7 heteroatoms. The first-order valence-corrected chi connectivity index (χ1v) is 7.35. The minimum absolute atomic E-state index is 0.150. The van der Waals surface area contributed by atoms with Crippen LogP contribution in [0.4, 0.5) is 0 Å². The molecule has 2 aromatic rings. The lowest BCUT2D eigenvalue weighted by Gasteiger charge is -2.12. The van der Waals surface area contributed by atoms with Crippen molar-refractivity contribution in [1.82, 2.24) is 5.32 Å². The third-order valence-corrected chi connectivity index (χ3v) is 3.41. The number of benzene rings is 2. The Kier molecular flexibility index (Phi) is 5.62. The van der Waals surface area contributed by atoms with Gasteiger partial charge in [0.2, 0.25) is 5.91 Å². The van der Waals surface area contributed by atoms with Crippen LogP contribution in [0.1, 0.15) is 11.1 Å². The predicted molar refractivity (Wildman–Crippen MR) is 90.3 cm³/mol. The lowest BCUT2D eigenvalue weighted by atomic mass is 10.1. The topological polar surface area (TPSA) is 127 Å². The summed E-state index contributed by atoms with van der Waals surface area (Å²) in [5, 5.41) is 39.8. The number of amides is 1. The molecular weight excluding hydrogens is 326 g/mol. The second-order valence-corrected chi connectivity index (χ2v) is 5.36. The van der Waals surface area contributed by atoms with E-state index in [4.69, 9.17) is 0 Å². The van der Waals surface area contributed by atoms with E-state index in [1.807, 2.05) is 0 Å². The van der Waals surface area contributed by atoms with Gasteiger partial charge in [0.05, 0.1) is 6.04 Å². The average Bonchev–Trinajstić information content (AvgIpc) is 2.58. The fourth-order valence-corrected chi connectivity index (χ4v) is 2.13. The summed E-state index contributed by atoms with van der Waals surface area (Å²) in [6.45, 7) is 0. The zero-order chi connectivity index (χ0) is 18.4. The van der Waals surface area contributed by atoms with Crippen LogP contribution in [0.2, 0.25) is 0 Å². The summed E-state index contributed by atoms with van der Waals surface area (Å²) in [5.74, 6) is -1.66. The molecule has 0 aliphatic rings. The Morgan fingerprint density at radius 1 is 0.960 bits per heavy atom. The minimum atomic E-state index is -0.811. The van der Waals surface area contributed by atoms with Crippen molar-refractivity contribution in [1.29, 1.82) is 0 Å². The fraction of sp³-hybridized carbons (Fsp3) is 0.111. The van der Waals surface area contributed by atoms with Crippen LogP contribution in [0.5, 0.6) is 23.0 Å². The third-order valence-electron chi connectivity index (χ3n) is 3.41. The Morgan fingerprint density at radius 3 is 2.20 bits per heavy atom. The van der Waals surface area contributed by atoms with Crippen molar-refractivity contribution >= 4 is 18.3 Å². The Balaban J connectivity index is 1.98. The molecule has 1 unspecified atom stereocenters. The van der Waals surface area contributed by atoms with Gasteiger partial charge in [-0.15, -0.1) is 0 Å². The van der Waals surface area contributed by atoms with Crippen LogP contribution in [-0.4, -0.2) is 38.7 Å². The number of carbonyl (C=O) groups is 2. The number of rotatable bonds is 6. The third kappa shape index (κ3) is 5.00. The summed E-state index contributed by atoms with van der Waals surface area (Å²) >= 11 is 0. The number of aromatic hydroxyl groups is 4. The zero-order valence-electron chi connectivity index (χ0n) is 13.1. The van der Waals surface area contributed by atoms with Crippen LogP contribution in [0, 0.1) is 0 Å². The van der Waals surface area contributed by atoms with Gasteiger partial charge in [-0.05, 0) is 47.9 Å². The molecule has 0 saturated heterocycles. The second-order valence-electron chi connectivity index (χ2n) is 5.36. The van der Waals surface area contributed by atoms with Gasteiger partial charge in [0.1, 0.15) is 6.29 Å². The van der Waals surface area contributed by atoms with Gasteiger partial charge in [0, 0.05) is 6.08 Å². The largest absolute Gasteiger partial charge is 0.504 e. The zero-order valence-corrected chi connectivity index (χ0v) is 13.1. The normalized spacial score (nSPS) is 12.0. The highest BCUT2D eigenvalue weighted by Gasteiger charge is 2.12. The monoisotopic (exact) mass is 343 g/mol. The number of aldehydes is 1. The van der Waals surface area contributed by atoms with E-state index in [-0.39, 0.29) is 29.4 Å². The van der Waals surface area contributed by atoms with Gasteiger partial charge < -0.3 is 30.5 Å². The first-order valence-electron chi connectivity index (χ1n) is 7.35. The molecule has 0 bridgehead atoms. The molecule has 0 heterocycles. The molecule has 1 atom stereocenters. The van der Waals surface area contributed by atoms with Gasteiger partial charge >= 0.3 is 0 Å². The van der Waals surface area contributed by atoms with E-state index in [0.29, 0.717) is 17.4 Å². The van der Waals surface area contributed by atoms with Crippen molar-refractivity contribution in [3.8, 4) is 23.0 Å². The quantitative estimate of drug-likeness (QED) is 0.307. The van der Waals surface area contributed by atoms with Gasteiger partial charge in [-0.2, -0.15) is 0 Å². The number of phenolic OH excluding ortho intramolecular Hbond substituents is 4. The Bertz CT molecular complexity index is 815. The van der Waals surface area contributed by atoms with E-state index in [0.717, 1.165) is 0 Å². The first-order chi connectivity index (χ1) is 11.9. The second kappa shape index (κ2) is 7.87. The molecule has 0 aliphatic heterocycles. The molecule has 5 N–H and O–H groups in total. The van der Waals surface area contributed by atoms with E-state index in [1.165, 1.54) is 48.6 Å². The van der Waals surface area contributed by atoms with E-state index in [2.05, 4.69) is 5.32 Å². The molecule has 130 valence electrons. The first kappa shape index (κ1) is 17.9. The van der Waals surface area contributed by atoms with Crippen molar-refractivity contribution in [2.24, 2.45) is 0 Å². The molecule has 25 heavy (non-hydrogen) atoms. The number of nitrogens with one attached hydrogen (secondary N) is 1. The Labute approximate surface area is 143 Å². The highest BCUT2D eigenvalue weighted by Crippen LogP contribution is 2.26. The smallest absolute Gasteiger partial charge is 0.244 e. The maximum absolute atomic E-state index is 11.9. The van der Waals surface area contributed by atoms with Crippen molar-refractivity contribution in [2.75, 3.05) is 0 Å². The summed E-state index contributed by atoms with van der Waals surface area (Å²) in [4.78, 5) is 23.0. The molecule has 0 fully saturated rings. The van der Waals surface area contributed by atoms with Crippen LogP contribution in [0.25, 0.3) is 6.08 Å². The van der Waals surface area contributed by atoms with Gasteiger partial charge in [0.25, 0.3) is 0 Å². The molecule has 7 nitrogen and oxygen atoms in total. The molecule has 0 aromatic heterocycles. The molecule has 0 saturated carbocycles. The number of hydrogen-bond acceptors (Lipinski definition) is 6. The van der Waals surface area contributed by atoms with Gasteiger partial charge in [-0.25, -0.2) is 0 Å². The molecule has 1 amide bonds. The highest BCUT2D eigenvalue weighted by molar-refractivity contribution is 5.93. The van der Waals surface area contributed by atoms with E-state index in [9.17, 15) is 30.0 Å². The summed E-state index contributed by atoms with van der Waals surface area (Å²) in [6, 6.07) is 7.42. The predicted octanol–water partition coefficient (Wildman–Crippen LogP) is 1.45. The maximum Gasteiger partial charge on any atom is 0.244 e. The number of phenols is 4. The van der Waals surface area contributed by atoms with Gasteiger partial charge in [0.15, 0.2) is 23.0 Å². The Hall–Kier alpha value is -3.48. The van der Waals surface area contributed by atoms with E-state index < -0.39 is 11.9 Å². The van der Waals surface area contributed by atoms with Crippen LogP contribution in [0.3, 0.4) is 0 Å². The van der Waals surface area contributed by atoms with Crippen LogP contribution < -0.4 is 5.32 Å². The van der Waals surface area contributed by atoms with E-state index >= 15 is 0 Å². The Morgan fingerprint density at radius 2 is 1.60 bits per heavy atom. The van der Waals surface area contributed by atoms with Crippen molar-refractivity contribution in [3.05, 3.63) is 53.6 Å². The van der Waals surface area contributed by atoms with E-state index in [1.54, 1.807) is 0 Å². The van der Waals surface area contributed by atoms with Crippen molar-refractivity contribution in [2.45, 2.75) is 12.5 Å². The van der Waals surface area contributed by atoms with Crippen LogP contribution in [0.15, 0.2) is 42.5 Å². The van der Waals surface area contributed by atoms with Gasteiger partial charge in [-0.1, -0.05) is 12.1 Å². The highest BCUT2D eigenvalue weighted by atomic mass is 16.3. The maximum atomic E-state index is 11.9. The number of carbonyl (C=O) groups excluding carboxylic acids is 2. The molecule has 0 spiro atoms. The summed E-state index contributed by atoms with van der Waals surface area (Å²) in [6.07, 6.45) is 3.33. The molecule has 0 radical (unpaired) electrons. The van der Waals surface area contributed by atoms with Crippen LogP contribution >= 0.6 is 0 Å². The van der Waals surface area contributed by atoms with Gasteiger partial charge in [-0.3, -0.25) is 4.79 Å². The molecule has 0 aliphatic carbocycles. The minimum Gasteiger partial charge on any atom is -0.504 e.